The number of rotatable bonds is 6. The Morgan fingerprint density at radius 3 is 1.12 bits per heavy atom. The van der Waals surface area contributed by atoms with E-state index in [1.165, 1.54) is 60.1 Å². The summed E-state index contributed by atoms with van der Waals surface area (Å²) in [6, 6.07) is 87.9. The molecule has 322 valence electrons. The summed E-state index contributed by atoms with van der Waals surface area (Å²) < 4.78 is 11.8. The standard InChI is InChI=1S/C63H40N6/c1-5-17-45(18-6-1)65-54-27-15-13-25-49(54)51-37-41(29-33-56(51)65)42-30-34-57-52(38-42)53-39-43(31-35-58(53)66(57)46-19-7-2-8-20-46)44-32-36-59-60(40-44)68(48-23-11-4-12-24-48)63-64-62-61(69(59)63)50-26-14-16-28-55(50)67(62)47-21-9-3-10-22-47/h1-40H. The van der Waals surface area contributed by atoms with Crippen LogP contribution in [0.5, 0.6) is 0 Å². The zero-order chi connectivity index (χ0) is 45.2. The van der Waals surface area contributed by atoms with Gasteiger partial charge in [-0.15, -0.1) is 0 Å². The van der Waals surface area contributed by atoms with Crippen molar-refractivity contribution in [2.45, 2.75) is 0 Å². The van der Waals surface area contributed by atoms with Crippen LogP contribution in [0.15, 0.2) is 243 Å². The van der Waals surface area contributed by atoms with Crippen LogP contribution >= 0.6 is 0 Å². The maximum Gasteiger partial charge on any atom is 0.222 e. The number of nitrogens with zero attached hydrogens (tertiary/aromatic N) is 6. The van der Waals surface area contributed by atoms with E-state index < -0.39 is 0 Å². The summed E-state index contributed by atoms with van der Waals surface area (Å²) in [5, 5.41) is 6.07. The normalized spacial score (nSPS) is 12.1. The summed E-state index contributed by atoms with van der Waals surface area (Å²) in [6.07, 6.45) is 0. The summed E-state index contributed by atoms with van der Waals surface area (Å²) in [5.41, 5.74) is 19.2. The van der Waals surface area contributed by atoms with Crippen molar-refractivity contribution >= 4 is 82.5 Å². The lowest BCUT2D eigenvalue weighted by molar-refractivity contribution is 1.09. The molecule has 0 bridgehead atoms. The monoisotopic (exact) mass is 880 g/mol. The first-order chi connectivity index (χ1) is 34.2. The first-order valence-corrected chi connectivity index (χ1v) is 23.6. The number of hydrogen-bond acceptors (Lipinski definition) is 1. The van der Waals surface area contributed by atoms with Crippen molar-refractivity contribution in [3.05, 3.63) is 243 Å². The molecular formula is C63H40N6. The van der Waals surface area contributed by atoms with Crippen molar-refractivity contribution in [1.82, 2.24) is 27.7 Å². The largest absolute Gasteiger partial charge is 0.309 e. The van der Waals surface area contributed by atoms with E-state index in [9.17, 15) is 0 Å². The van der Waals surface area contributed by atoms with E-state index in [-0.39, 0.29) is 0 Å². The summed E-state index contributed by atoms with van der Waals surface area (Å²) in [5.74, 6) is 0.880. The van der Waals surface area contributed by atoms with Crippen LogP contribution < -0.4 is 0 Å². The first-order valence-electron chi connectivity index (χ1n) is 23.6. The molecule has 0 aliphatic heterocycles. The smallest absolute Gasteiger partial charge is 0.222 e. The van der Waals surface area contributed by atoms with Crippen LogP contribution in [0.4, 0.5) is 0 Å². The number of aromatic nitrogens is 6. The Bertz CT molecular complexity index is 4510. The molecule has 0 saturated carbocycles. The van der Waals surface area contributed by atoms with Crippen LogP contribution in [0.2, 0.25) is 0 Å². The van der Waals surface area contributed by atoms with Gasteiger partial charge in [-0.05, 0) is 131 Å². The summed E-state index contributed by atoms with van der Waals surface area (Å²) in [4.78, 5) is 5.52. The molecule has 15 aromatic rings. The molecule has 0 unspecified atom stereocenters. The highest BCUT2D eigenvalue weighted by Crippen LogP contribution is 2.42. The highest BCUT2D eigenvalue weighted by molar-refractivity contribution is 6.14. The predicted molar refractivity (Wildman–Crippen MR) is 286 cm³/mol. The Morgan fingerprint density at radius 2 is 0.609 bits per heavy atom. The molecule has 6 heteroatoms. The van der Waals surface area contributed by atoms with Crippen LogP contribution in [-0.2, 0) is 0 Å². The molecule has 0 amide bonds. The maximum absolute atomic E-state index is 5.52. The van der Waals surface area contributed by atoms with Crippen molar-refractivity contribution in [2.75, 3.05) is 0 Å². The number of para-hydroxylation sites is 6. The van der Waals surface area contributed by atoms with Crippen molar-refractivity contribution in [2.24, 2.45) is 0 Å². The van der Waals surface area contributed by atoms with Gasteiger partial charge in [0.2, 0.25) is 5.78 Å². The van der Waals surface area contributed by atoms with Gasteiger partial charge in [0.05, 0.1) is 38.6 Å². The van der Waals surface area contributed by atoms with Gasteiger partial charge in [-0.3, -0.25) is 13.5 Å². The molecular weight excluding hydrogens is 841 g/mol. The van der Waals surface area contributed by atoms with Crippen LogP contribution in [0, 0.1) is 0 Å². The Hall–Kier alpha value is -9.39. The van der Waals surface area contributed by atoms with Crippen molar-refractivity contribution in [3.63, 3.8) is 0 Å². The van der Waals surface area contributed by atoms with Gasteiger partial charge in [-0.2, -0.15) is 4.98 Å². The zero-order valence-corrected chi connectivity index (χ0v) is 37.3. The molecule has 0 N–H and O–H groups in total. The lowest BCUT2D eigenvalue weighted by Gasteiger charge is -2.09. The Morgan fingerprint density at radius 1 is 0.246 bits per heavy atom. The maximum atomic E-state index is 5.52. The van der Waals surface area contributed by atoms with Crippen LogP contribution in [0.1, 0.15) is 0 Å². The van der Waals surface area contributed by atoms with Crippen LogP contribution in [-0.4, -0.2) is 27.7 Å². The third-order valence-electron chi connectivity index (χ3n) is 14.3. The fourth-order valence-corrected chi connectivity index (χ4v) is 11.2. The lowest BCUT2D eigenvalue weighted by atomic mass is 9.99. The van der Waals surface area contributed by atoms with Crippen LogP contribution in [0.25, 0.3) is 127 Å². The zero-order valence-electron chi connectivity index (χ0n) is 37.3. The van der Waals surface area contributed by atoms with E-state index in [0.717, 1.165) is 67.4 Å². The third kappa shape index (κ3) is 5.51. The molecule has 10 aromatic carbocycles. The molecule has 0 aliphatic carbocycles. The average molecular weight is 881 g/mol. The fraction of sp³-hybridized carbons (Fsp3) is 0. The first kappa shape index (κ1) is 37.8. The number of hydrogen-bond donors (Lipinski definition) is 0. The topological polar surface area (TPSA) is 37.0 Å². The van der Waals surface area contributed by atoms with E-state index in [1.54, 1.807) is 0 Å². The number of benzene rings is 10. The average Bonchev–Trinajstić information content (AvgIpc) is 4.20. The van der Waals surface area contributed by atoms with Gasteiger partial charge in [0.15, 0.2) is 5.65 Å². The van der Waals surface area contributed by atoms with Gasteiger partial charge >= 0.3 is 0 Å². The summed E-state index contributed by atoms with van der Waals surface area (Å²) in [6.45, 7) is 0. The summed E-state index contributed by atoms with van der Waals surface area (Å²) in [7, 11) is 0. The number of imidazole rings is 2. The van der Waals surface area contributed by atoms with Gasteiger partial charge in [0, 0.05) is 49.7 Å². The molecule has 5 aromatic heterocycles. The highest BCUT2D eigenvalue weighted by atomic mass is 15.2. The Kier molecular flexibility index (Phi) is 7.97. The molecule has 0 saturated heterocycles. The van der Waals surface area contributed by atoms with Gasteiger partial charge in [0.25, 0.3) is 0 Å². The number of fused-ring (bicyclic) bond motifs is 13. The van der Waals surface area contributed by atoms with E-state index >= 15 is 0 Å². The second-order valence-electron chi connectivity index (χ2n) is 18.0. The van der Waals surface area contributed by atoms with Gasteiger partial charge < -0.3 is 9.13 Å². The minimum absolute atomic E-state index is 0.880. The molecule has 15 rings (SSSR count). The summed E-state index contributed by atoms with van der Waals surface area (Å²) >= 11 is 0. The van der Waals surface area contributed by atoms with Crippen molar-refractivity contribution in [3.8, 4) is 45.0 Å². The molecule has 0 spiro atoms. The quantitative estimate of drug-likeness (QED) is 0.164. The third-order valence-corrected chi connectivity index (χ3v) is 14.3. The molecule has 0 radical (unpaired) electrons. The van der Waals surface area contributed by atoms with Gasteiger partial charge in [0.1, 0.15) is 5.52 Å². The highest BCUT2D eigenvalue weighted by Gasteiger charge is 2.24. The van der Waals surface area contributed by atoms with Crippen LogP contribution in [0.3, 0.4) is 0 Å². The SMILES string of the molecule is c1ccc(-n2c3ccccc3c3cc(-c4ccc5c(c4)c4cc(-c6ccc7c(c6)n(-c6ccccc6)c6nc8c(c9ccccc9n8-c8ccccc8)n76)ccc4n5-c4ccccc4)ccc32)cc1. The predicted octanol–water partition coefficient (Wildman–Crippen LogP) is 15.9. The minimum Gasteiger partial charge on any atom is -0.309 e. The minimum atomic E-state index is 0.880. The Balaban J connectivity index is 0.937. The van der Waals surface area contributed by atoms with E-state index in [0.29, 0.717) is 0 Å². The fourth-order valence-electron chi connectivity index (χ4n) is 11.2. The van der Waals surface area contributed by atoms with Crippen molar-refractivity contribution in [1.29, 1.82) is 0 Å². The van der Waals surface area contributed by atoms with Gasteiger partial charge in [-0.1, -0.05) is 133 Å². The second-order valence-corrected chi connectivity index (χ2v) is 18.0. The molecule has 0 atom stereocenters. The van der Waals surface area contributed by atoms with E-state index in [1.807, 2.05) is 0 Å². The van der Waals surface area contributed by atoms with Gasteiger partial charge in [-0.25, -0.2) is 0 Å². The van der Waals surface area contributed by atoms with E-state index in [4.69, 9.17) is 4.98 Å². The molecule has 0 fully saturated rings. The molecule has 5 heterocycles. The Labute approximate surface area is 396 Å². The molecule has 69 heavy (non-hydrogen) atoms. The lowest BCUT2D eigenvalue weighted by Crippen LogP contribution is -1.97. The second kappa shape index (κ2) is 14.6. The molecule has 0 aliphatic rings. The van der Waals surface area contributed by atoms with E-state index in [2.05, 4.69) is 265 Å². The van der Waals surface area contributed by atoms with Crippen molar-refractivity contribution < 1.29 is 0 Å². The molecule has 6 nitrogen and oxygen atoms in total.